The lowest BCUT2D eigenvalue weighted by atomic mass is 9.97. The number of rotatable bonds is 6. The molecule has 35 heavy (non-hydrogen) atoms. The molecule has 2 aliphatic heterocycles. The second-order valence-electron chi connectivity index (χ2n) is 8.64. The molecular formula is C24H31FN4O5S. The molecule has 2 aliphatic rings. The third kappa shape index (κ3) is 6.56. The smallest absolute Gasteiger partial charge is 0.261 e. The molecule has 0 fully saturated rings. The monoisotopic (exact) mass is 506 g/mol. The van der Waals surface area contributed by atoms with Crippen LogP contribution in [0.3, 0.4) is 0 Å². The van der Waals surface area contributed by atoms with Crippen LogP contribution in [0.2, 0.25) is 0 Å². The van der Waals surface area contributed by atoms with E-state index in [1.165, 1.54) is 12.1 Å². The van der Waals surface area contributed by atoms with Crippen molar-refractivity contribution in [3.8, 4) is 0 Å². The minimum Gasteiger partial charge on any atom is -0.358 e. The molecule has 0 radical (unpaired) electrons. The molecule has 0 saturated heterocycles. The first-order chi connectivity index (χ1) is 16.4. The molecule has 3 heterocycles. The SMILES string of the molecule is CCN(CC)CCC1Cc2[nH]c(/C=C3\C(=O)Nc4ccc(F)cc43)c(C)c2C(=O)N1.CS(=O)(=O)O. The van der Waals surface area contributed by atoms with Gasteiger partial charge in [0.05, 0.1) is 17.4 Å². The van der Waals surface area contributed by atoms with Crippen LogP contribution in [0.25, 0.3) is 11.6 Å². The number of fused-ring (bicyclic) bond motifs is 2. The summed E-state index contributed by atoms with van der Waals surface area (Å²) in [6.07, 6.45) is 4.04. The van der Waals surface area contributed by atoms with Crippen LogP contribution in [-0.2, 0) is 21.3 Å². The maximum atomic E-state index is 13.7. The van der Waals surface area contributed by atoms with E-state index in [0.717, 1.165) is 43.7 Å². The Kier molecular flexibility index (Phi) is 8.14. The van der Waals surface area contributed by atoms with Crippen molar-refractivity contribution in [2.45, 2.75) is 39.7 Å². The minimum atomic E-state index is -3.67. The van der Waals surface area contributed by atoms with Gasteiger partial charge in [-0.15, -0.1) is 0 Å². The summed E-state index contributed by atoms with van der Waals surface area (Å²) in [6, 6.07) is 4.31. The number of amides is 2. The Morgan fingerprint density at radius 2 is 1.86 bits per heavy atom. The van der Waals surface area contributed by atoms with E-state index in [9.17, 15) is 22.4 Å². The van der Waals surface area contributed by atoms with Crippen LogP contribution in [-0.4, -0.2) is 66.6 Å². The highest BCUT2D eigenvalue weighted by atomic mass is 32.2. The van der Waals surface area contributed by atoms with E-state index in [1.807, 2.05) is 6.92 Å². The normalized spacial score (nSPS) is 18.0. The number of aromatic nitrogens is 1. The number of carbonyl (C=O) groups is 2. The molecule has 4 rings (SSSR count). The van der Waals surface area contributed by atoms with E-state index in [0.29, 0.717) is 34.3 Å². The molecular weight excluding hydrogens is 475 g/mol. The van der Waals surface area contributed by atoms with E-state index in [2.05, 4.69) is 34.4 Å². The fourth-order valence-electron chi connectivity index (χ4n) is 4.34. The van der Waals surface area contributed by atoms with Crippen molar-refractivity contribution in [2.24, 2.45) is 0 Å². The molecule has 11 heteroatoms. The third-order valence-corrected chi connectivity index (χ3v) is 6.12. The van der Waals surface area contributed by atoms with Crippen LogP contribution in [0.5, 0.6) is 0 Å². The summed E-state index contributed by atoms with van der Waals surface area (Å²) in [6.45, 7) is 9.07. The number of carbonyl (C=O) groups excluding carboxylic acids is 2. The van der Waals surface area contributed by atoms with Crippen molar-refractivity contribution in [1.82, 2.24) is 15.2 Å². The fourth-order valence-corrected chi connectivity index (χ4v) is 4.34. The predicted molar refractivity (Wildman–Crippen MR) is 133 cm³/mol. The molecule has 0 spiro atoms. The Hall–Kier alpha value is -3.02. The summed E-state index contributed by atoms with van der Waals surface area (Å²) >= 11 is 0. The molecule has 1 unspecified atom stereocenters. The van der Waals surface area contributed by atoms with E-state index >= 15 is 0 Å². The highest BCUT2D eigenvalue weighted by molar-refractivity contribution is 7.85. The topological polar surface area (TPSA) is 132 Å². The molecule has 0 saturated carbocycles. The Morgan fingerprint density at radius 3 is 2.49 bits per heavy atom. The minimum absolute atomic E-state index is 0.0776. The molecule has 1 aromatic heterocycles. The predicted octanol–water partition coefficient (Wildman–Crippen LogP) is 2.85. The zero-order valence-electron chi connectivity index (χ0n) is 20.2. The van der Waals surface area contributed by atoms with Gasteiger partial charge in [-0.3, -0.25) is 14.1 Å². The van der Waals surface area contributed by atoms with Gasteiger partial charge in [-0.25, -0.2) is 4.39 Å². The maximum absolute atomic E-state index is 13.7. The van der Waals surface area contributed by atoms with Crippen LogP contribution in [0.1, 0.15) is 53.1 Å². The van der Waals surface area contributed by atoms with E-state index in [1.54, 1.807) is 12.1 Å². The van der Waals surface area contributed by atoms with Crippen molar-refractivity contribution >= 4 is 39.3 Å². The number of hydrogen-bond acceptors (Lipinski definition) is 5. The Balaban J connectivity index is 0.000000623. The van der Waals surface area contributed by atoms with Gasteiger partial charge in [-0.1, -0.05) is 13.8 Å². The van der Waals surface area contributed by atoms with Crippen molar-refractivity contribution < 1.29 is 27.0 Å². The average molecular weight is 507 g/mol. The third-order valence-electron chi connectivity index (χ3n) is 6.12. The Bertz CT molecular complexity index is 1260. The van der Waals surface area contributed by atoms with E-state index < -0.39 is 15.9 Å². The zero-order valence-corrected chi connectivity index (χ0v) is 21.1. The number of aromatic amines is 1. The highest BCUT2D eigenvalue weighted by Gasteiger charge is 2.30. The van der Waals surface area contributed by atoms with Crippen LogP contribution < -0.4 is 10.6 Å². The molecule has 1 aromatic carbocycles. The summed E-state index contributed by atoms with van der Waals surface area (Å²) in [5.74, 6) is -0.750. The van der Waals surface area contributed by atoms with Crippen molar-refractivity contribution in [3.63, 3.8) is 0 Å². The van der Waals surface area contributed by atoms with Gasteiger partial charge in [-0.05, 0) is 56.3 Å². The number of H-pyrrole nitrogens is 1. The van der Waals surface area contributed by atoms with Crippen molar-refractivity contribution in [2.75, 3.05) is 31.2 Å². The molecule has 1 atom stereocenters. The zero-order chi connectivity index (χ0) is 25.9. The van der Waals surface area contributed by atoms with Gasteiger partial charge in [0.1, 0.15) is 5.82 Å². The molecule has 2 amide bonds. The maximum Gasteiger partial charge on any atom is 0.261 e. The number of hydrogen-bond donors (Lipinski definition) is 4. The van der Waals surface area contributed by atoms with Crippen LogP contribution in [0, 0.1) is 12.7 Å². The number of benzene rings is 1. The largest absolute Gasteiger partial charge is 0.358 e. The van der Waals surface area contributed by atoms with E-state index in [4.69, 9.17) is 4.55 Å². The summed E-state index contributed by atoms with van der Waals surface area (Å²) < 4.78 is 39.6. The summed E-state index contributed by atoms with van der Waals surface area (Å²) in [5.41, 5.74) is 4.58. The lowest BCUT2D eigenvalue weighted by molar-refractivity contribution is -0.110. The molecule has 4 N–H and O–H groups in total. The molecule has 0 bridgehead atoms. The second kappa shape index (κ2) is 10.7. The second-order valence-corrected chi connectivity index (χ2v) is 10.1. The summed E-state index contributed by atoms with van der Waals surface area (Å²) in [7, 11) is -3.67. The molecule has 9 nitrogen and oxygen atoms in total. The number of anilines is 1. The van der Waals surface area contributed by atoms with Crippen LogP contribution in [0.4, 0.5) is 10.1 Å². The van der Waals surface area contributed by atoms with Crippen molar-refractivity contribution in [1.29, 1.82) is 0 Å². The van der Waals surface area contributed by atoms with E-state index in [-0.39, 0.29) is 17.9 Å². The molecule has 190 valence electrons. The fraction of sp³-hybridized carbons (Fsp3) is 0.417. The lowest BCUT2D eigenvalue weighted by Crippen LogP contribution is -2.43. The lowest BCUT2D eigenvalue weighted by Gasteiger charge is -2.26. The first-order valence-corrected chi connectivity index (χ1v) is 13.3. The quantitative estimate of drug-likeness (QED) is 0.352. The molecule has 0 aliphatic carbocycles. The standard InChI is InChI=1S/C23H27FN4O2.CH4O3S/c1-4-28(5-2)9-8-15-11-20-21(23(30)25-15)13(3)19(26-20)12-17-16-10-14(24)6-7-18(16)27-22(17)29;1-5(2,3)4/h6-7,10,12,15,26H,4-5,8-9,11H2,1-3H3,(H,25,30)(H,27,29);1H3,(H,2,3,4)/b17-12-;. The van der Waals surface area contributed by atoms with Gasteiger partial charge < -0.3 is 20.5 Å². The van der Waals surface area contributed by atoms with Gasteiger partial charge in [0, 0.05) is 41.6 Å². The van der Waals surface area contributed by atoms with Gasteiger partial charge in [-0.2, -0.15) is 8.42 Å². The van der Waals surface area contributed by atoms with Gasteiger partial charge in [0.15, 0.2) is 0 Å². The Labute approximate surface area is 204 Å². The Morgan fingerprint density at radius 1 is 1.20 bits per heavy atom. The molecule has 2 aromatic rings. The summed E-state index contributed by atoms with van der Waals surface area (Å²) in [5, 5.41) is 5.88. The van der Waals surface area contributed by atoms with Gasteiger partial charge >= 0.3 is 0 Å². The average Bonchev–Trinajstić information content (AvgIpc) is 3.24. The van der Waals surface area contributed by atoms with Gasteiger partial charge in [0.25, 0.3) is 21.9 Å². The van der Waals surface area contributed by atoms with Gasteiger partial charge in [0.2, 0.25) is 0 Å². The number of nitrogens with zero attached hydrogens (tertiary/aromatic N) is 1. The highest BCUT2D eigenvalue weighted by Crippen LogP contribution is 2.35. The number of halogens is 1. The first-order valence-electron chi connectivity index (χ1n) is 11.4. The number of nitrogens with one attached hydrogen (secondary N) is 3. The van der Waals surface area contributed by atoms with Crippen molar-refractivity contribution in [3.05, 3.63) is 52.1 Å². The van der Waals surface area contributed by atoms with Crippen LogP contribution in [0.15, 0.2) is 18.2 Å². The summed E-state index contributed by atoms with van der Waals surface area (Å²) in [4.78, 5) is 30.9. The van der Waals surface area contributed by atoms with Crippen LogP contribution >= 0.6 is 0 Å². The first kappa shape index (κ1) is 26.6.